The van der Waals surface area contributed by atoms with Gasteiger partial charge in [-0.3, -0.25) is 4.79 Å². The van der Waals surface area contributed by atoms with E-state index in [1.165, 1.54) is 13.0 Å². The first-order valence-corrected chi connectivity index (χ1v) is 6.46. The monoisotopic (exact) mass is 257 g/mol. The number of amides is 1. The molecule has 92 valence electrons. The number of sulfone groups is 1. The second kappa shape index (κ2) is 4.54. The molecule has 0 aliphatic heterocycles. The molecule has 0 unspecified atom stereocenters. The molecule has 1 aromatic carbocycles. The van der Waals surface area contributed by atoms with Crippen molar-refractivity contribution >= 4 is 27.4 Å². The van der Waals surface area contributed by atoms with E-state index in [1.54, 1.807) is 0 Å². The van der Waals surface area contributed by atoms with Crippen molar-refractivity contribution in [2.75, 3.05) is 11.6 Å². The molecule has 0 atom stereocenters. The van der Waals surface area contributed by atoms with Gasteiger partial charge in [0.2, 0.25) is 5.91 Å². The fourth-order valence-corrected chi connectivity index (χ4v) is 1.88. The van der Waals surface area contributed by atoms with Gasteiger partial charge in [-0.2, -0.15) is 0 Å². The number of carboxylic acid groups (broad SMARTS) is 1. The predicted molar refractivity (Wildman–Crippen MR) is 60.8 cm³/mol. The summed E-state index contributed by atoms with van der Waals surface area (Å²) in [5, 5.41) is 11.2. The third-order valence-electron chi connectivity index (χ3n) is 1.96. The molecule has 1 amide bonds. The van der Waals surface area contributed by atoms with E-state index < -0.39 is 21.7 Å². The van der Waals surface area contributed by atoms with Crippen LogP contribution in [-0.4, -0.2) is 31.7 Å². The lowest BCUT2D eigenvalue weighted by molar-refractivity contribution is -0.114. The molecule has 17 heavy (non-hydrogen) atoms. The van der Waals surface area contributed by atoms with Crippen LogP contribution < -0.4 is 5.32 Å². The Labute approximate surface area is 98.2 Å². The minimum absolute atomic E-state index is 0.0343. The normalized spacial score (nSPS) is 10.9. The Morgan fingerprint density at radius 2 is 1.88 bits per heavy atom. The topological polar surface area (TPSA) is 101 Å². The summed E-state index contributed by atoms with van der Waals surface area (Å²) < 4.78 is 22.6. The standard InChI is InChI=1S/C10H11NO5S/c1-6(12)11-9-5-7(17(2,15)16)3-4-8(9)10(13)14/h3-5H,1-2H3,(H,11,12)(H,13,14). The van der Waals surface area contributed by atoms with Crippen LogP contribution in [0.2, 0.25) is 0 Å². The molecule has 7 heteroatoms. The van der Waals surface area contributed by atoms with Crippen molar-refractivity contribution in [3.8, 4) is 0 Å². The molecule has 0 aliphatic carbocycles. The largest absolute Gasteiger partial charge is 0.478 e. The molecule has 0 saturated heterocycles. The Morgan fingerprint density at radius 1 is 1.29 bits per heavy atom. The van der Waals surface area contributed by atoms with Crippen LogP contribution >= 0.6 is 0 Å². The van der Waals surface area contributed by atoms with Crippen LogP contribution in [0.3, 0.4) is 0 Å². The van der Waals surface area contributed by atoms with E-state index >= 15 is 0 Å². The van der Waals surface area contributed by atoms with Crippen molar-refractivity contribution in [1.82, 2.24) is 0 Å². The first-order valence-electron chi connectivity index (χ1n) is 4.57. The number of anilines is 1. The van der Waals surface area contributed by atoms with Crippen molar-refractivity contribution in [3.05, 3.63) is 23.8 Å². The summed E-state index contributed by atoms with van der Waals surface area (Å²) in [7, 11) is -3.45. The number of hydrogen-bond acceptors (Lipinski definition) is 4. The fourth-order valence-electron chi connectivity index (χ4n) is 1.23. The molecule has 0 radical (unpaired) electrons. The molecular formula is C10H11NO5S. The summed E-state index contributed by atoms with van der Waals surface area (Å²) in [6.45, 7) is 1.21. The quantitative estimate of drug-likeness (QED) is 0.832. The van der Waals surface area contributed by atoms with Gasteiger partial charge in [-0.1, -0.05) is 0 Å². The van der Waals surface area contributed by atoms with Gasteiger partial charge in [0, 0.05) is 13.2 Å². The molecule has 0 aromatic heterocycles. The second-order valence-corrected chi connectivity index (χ2v) is 5.48. The maximum absolute atomic E-state index is 11.3. The van der Waals surface area contributed by atoms with Crippen LogP contribution in [0.1, 0.15) is 17.3 Å². The molecule has 6 nitrogen and oxygen atoms in total. The number of carboxylic acids is 1. The summed E-state index contributed by atoms with van der Waals surface area (Å²) in [6.07, 6.45) is 1.00. The fraction of sp³-hybridized carbons (Fsp3) is 0.200. The van der Waals surface area contributed by atoms with Gasteiger partial charge in [0.25, 0.3) is 0 Å². The predicted octanol–water partition coefficient (Wildman–Crippen LogP) is 0.747. The third kappa shape index (κ3) is 3.28. The maximum atomic E-state index is 11.3. The smallest absolute Gasteiger partial charge is 0.337 e. The first kappa shape index (κ1) is 13.2. The Kier molecular flexibility index (Phi) is 3.52. The van der Waals surface area contributed by atoms with Crippen molar-refractivity contribution < 1.29 is 23.1 Å². The van der Waals surface area contributed by atoms with Crippen LogP contribution in [-0.2, 0) is 14.6 Å². The Morgan fingerprint density at radius 3 is 2.29 bits per heavy atom. The molecule has 1 aromatic rings. The summed E-state index contributed by atoms with van der Waals surface area (Å²) >= 11 is 0. The Hall–Kier alpha value is -1.89. The SMILES string of the molecule is CC(=O)Nc1cc(S(C)(=O)=O)ccc1C(=O)O. The van der Waals surface area contributed by atoms with Crippen LogP contribution in [0, 0.1) is 0 Å². The number of nitrogens with one attached hydrogen (secondary N) is 1. The highest BCUT2D eigenvalue weighted by molar-refractivity contribution is 7.90. The summed E-state index contributed by atoms with van der Waals surface area (Å²) in [4.78, 5) is 21.7. The van der Waals surface area contributed by atoms with E-state index in [0.717, 1.165) is 18.4 Å². The highest BCUT2D eigenvalue weighted by atomic mass is 32.2. The zero-order valence-corrected chi connectivity index (χ0v) is 10.0. The molecule has 0 fully saturated rings. The third-order valence-corrected chi connectivity index (χ3v) is 3.07. The Bertz CT molecular complexity index is 576. The van der Waals surface area contributed by atoms with Gasteiger partial charge in [-0.15, -0.1) is 0 Å². The molecule has 0 spiro atoms. The zero-order chi connectivity index (χ0) is 13.2. The van der Waals surface area contributed by atoms with Gasteiger partial charge in [-0.05, 0) is 18.2 Å². The van der Waals surface area contributed by atoms with Crippen molar-refractivity contribution in [3.63, 3.8) is 0 Å². The lowest BCUT2D eigenvalue weighted by Crippen LogP contribution is -2.12. The summed E-state index contributed by atoms with van der Waals surface area (Å²) in [5.41, 5.74) is -0.194. The second-order valence-electron chi connectivity index (χ2n) is 3.47. The molecule has 2 N–H and O–H groups in total. The van der Waals surface area contributed by atoms with Gasteiger partial charge in [0.05, 0.1) is 16.1 Å². The lowest BCUT2D eigenvalue weighted by Gasteiger charge is -2.08. The molecule has 0 heterocycles. The van der Waals surface area contributed by atoms with E-state index in [4.69, 9.17) is 5.11 Å². The minimum atomic E-state index is -3.45. The number of benzene rings is 1. The van der Waals surface area contributed by atoms with Gasteiger partial charge in [0.1, 0.15) is 0 Å². The van der Waals surface area contributed by atoms with Crippen molar-refractivity contribution in [1.29, 1.82) is 0 Å². The zero-order valence-electron chi connectivity index (χ0n) is 9.22. The highest BCUT2D eigenvalue weighted by Gasteiger charge is 2.15. The van der Waals surface area contributed by atoms with E-state index in [-0.39, 0.29) is 16.1 Å². The number of carbonyl (C=O) groups is 2. The van der Waals surface area contributed by atoms with E-state index in [9.17, 15) is 18.0 Å². The number of carbonyl (C=O) groups excluding carboxylic acids is 1. The highest BCUT2D eigenvalue weighted by Crippen LogP contribution is 2.21. The van der Waals surface area contributed by atoms with E-state index in [2.05, 4.69) is 5.32 Å². The average molecular weight is 257 g/mol. The van der Waals surface area contributed by atoms with Gasteiger partial charge in [0.15, 0.2) is 9.84 Å². The van der Waals surface area contributed by atoms with E-state index in [0.29, 0.717) is 0 Å². The lowest BCUT2D eigenvalue weighted by atomic mass is 10.2. The maximum Gasteiger partial charge on any atom is 0.337 e. The van der Waals surface area contributed by atoms with Gasteiger partial charge >= 0.3 is 5.97 Å². The van der Waals surface area contributed by atoms with E-state index in [1.807, 2.05) is 0 Å². The molecule has 0 aliphatic rings. The summed E-state index contributed by atoms with van der Waals surface area (Å²) in [5.74, 6) is -1.72. The van der Waals surface area contributed by atoms with Crippen LogP contribution in [0.5, 0.6) is 0 Å². The summed E-state index contributed by atoms with van der Waals surface area (Å²) in [6, 6.07) is 3.45. The number of hydrogen-bond donors (Lipinski definition) is 2. The van der Waals surface area contributed by atoms with Gasteiger partial charge < -0.3 is 10.4 Å². The van der Waals surface area contributed by atoms with Crippen LogP contribution in [0.15, 0.2) is 23.1 Å². The van der Waals surface area contributed by atoms with Crippen LogP contribution in [0.25, 0.3) is 0 Å². The number of rotatable bonds is 3. The van der Waals surface area contributed by atoms with Crippen LogP contribution in [0.4, 0.5) is 5.69 Å². The number of aromatic carboxylic acids is 1. The molecule has 0 bridgehead atoms. The Balaban J connectivity index is 3.39. The molecular weight excluding hydrogens is 246 g/mol. The molecule has 1 rings (SSSR count). The molecule has 0 saturated carbocycles. The van der Waals surface area contributed by atoms with Crippen molar-refractivity contribution in [2.24, 2.45) is 0 Å². The average Bonchev–Trinajstić information content (AvgIpc) is 2.14. The first-order chi connectivity index (χ1) is 7.71. The van der Waals surface area contributed by atoms with Gasteiger partial charge in [-0.25, -0.2) is 13.2 Å². The van der Waals surface area contributed by atoms with Crippen molar-refractivity contribution in [2.45, 2.75) is 11.8 Å². The minimum Gasteiger partial charge on any atom is -0.478 e.